The minimum atomic E-state index is -4.55. The molecule has 3 aromatic rings. The largest absolute Gasteiger partial charge is 0.496 e. The van der Waals surface area contributed by atoms with Crippen LogP contribution in [0.3, 0.4) is 0 Å². The zero-order chi connectivity index (χ0) is 27.6. The lowest BCUT2D eigenvalue weighted by Gasteiger charge is -2.42. The number of hydrogen-bond donors (Lipinski definition) is 3. The third-order valence-corrected chi connectivity index (χ3v) is 6.80. The van der Waals surface area contributed by atoms with Crippen LogP contribution in [-0.2, 0) is 6.54 Å². The molecule has 0 saturated carbocycles. The van der Waals surface area contributed by atoms with Crippen LogP contribution in [0.25, 0.3) is 10.9 Å². The number of anilines is 1. The van der Waals surface area contributed by atoms with Crippen LogP contribution in [0.2, 0.25) is 0 Å². The molecule has 2 aromatic carbocycles. The number of H-pyrrole nitrogens is 1. The molecule has 1 fully saturated rings. The van der Waals surface area contributed by atoms with Crippen molar-refractivity contribution < 1.29 is 36.6 Å². The Bertz CT molecular complexity index is 1290. The third-order valence-electron chi connectivity index (χ3n) is 6.80. The number of carboxylic acid groups (broad SMARTS) is 1. The molecule has 7 nitrogen and oxygen atoms in total. The second-order valence-electron chi connectivity index (χ2n) is 9.36. The van der Waals surface area contributed by atoms with Crippen LogP contribution in [-0.4, -0.2) is 78.3 Å². The maximum Gasteiger partial charge on any atom is 0.405 e. The van der Waals surface area contributed by atoms with Crippen molar-refractivity contribution in [3.8, 4) is 5.75 Å². The predicted octanol–water partition coefficient (Wildman–Crippen LogP) is 5.28. The van der Waals surface area contributed by atoms with E-state index in [9.17, 15) is 31.9 Å². The van der Waals surface area contributed by atoms with Gasteiger partial charge >= 0.3 is 12.1 Å². The van der Waals surface area contributed by atoms with E-state index in [1.807, 2.05) is 25.3 Å². The maximum absolute atomic E-state index is 13.2. The fraction of sp³-hybridized carbons (Fsp3) is 0.423. The number of fused-ring (bicyclic) bond motifs is 1. The number of alkyl halides is 5. The number of hydrogen-bond acceptors (Lipinski definition) is 5. The first-order valence-corrected chi connectivity index (χ1v) is 12.0. The van der Waals surface area contributed by atoms with Gasteiger partial charge in [0.05, 0.1) is 19.2 Å². The fourth-order valence-corrected chi connectivity index (χ4v) is 5.02. The number of halogens is 5. The van der Waals surface area contributed by atoms with Gasteiger partial charge in [-0.2, -0.15) is 13.2 Å². The van der Waals surface area contributed by atoms with E-state index < -0.39 is 37.7 Å². The smallest absolute Gasteiger partial charge is 0.405 e. The first-order chi connectivity index (χ1) is 18.0. The molecule has 1 saturated heterocycles. The van der Waals surface area contributed by atoms with E-state index in [1.165, 1.54) is 18.2 Å². The first-order valence-electron chi connectivity index (χ1n) is 12.0. The van der Waals surface area contributed by atoms with Crippen LogP contribution in [0, 0.1) is 6.92 Å². The van der Waals surface area contributed by atoms with Crippen molar-refractivity contribution >= 4 is 22.6 Å². The molecule has 1 atom stereocenters. The summed E-state index contributed by atoms with van der Waals surface area (Å²) < 4.78 is 70.8. The van der Waals surface area contributed by atoms with Gasteiger partial charge in [-0.1, -0.05) is 6.07 Å². The summed E-state index contributed by atoms with van der Waals surface area (Å²) in [6.07, 6.45) is -5.28. The normalized spacial score (nSPS) is 17.3. The number of carbonyl (C=O) groups is 1. The lowest BCUT2D eigenvalue weighted by molar-refractivity contribution is -0.115. The van der Waals surface area contributed by atoms with Crippen molar-refractivity contribution in [1.29, 1.82) is 0 Å². The predicted molar refractivity (Wildman–Crippen MR) is 133 cm³/mol. The highest BCUT2D eigenvalue weighted by Crippen LogP contribution is 2.36. The summed E-state index contributed by atoms with van der Waals surface area (Å²) in [5.74, 6) is -0.711. The van der Waals surface area contributed by atoms with E-state index in [-0.39, 0.29) is 17.8 Å². The van der Waals surface area contributed by atoms with Gasteiger partial charge in [0.25, 0.3) is 6.43 Å². The average Bonchev–Trinajstić information content (AvgIpc) is 3.35. The van der Waals surface area contributed by atoms with Gasteiger partial charge in [0.2, 0.25) is 0 Å². The monoisotopic (exact) mass is 540 g/mol. The highest BCUT2D eigenvalue weighted by Gasteiger charge is 2.32. The summed E-state index contributed by atoms with van der Waals surface area (Å²) in [5, 5.41) is 12.6. The topological polar surface area (TPSA) is 80.8 Å². The molecule has 0 bridgehead atoms. The second kappa shape index (κ2) is 11.2. The number of carboxylic acids is 1. The van der Waals surface area contributed by atoms with Crippen LogP contribution in [0.15, 0.2) is 36.5 Å². The van der Waals surface area contributed by atoms with E-state index in [0.29, 0.717) is 30.9 Å². The minimum absolute atomic E-state index is 0.181. The van der Waals surface area contributed by atoms with Crippen LogP contribution in [0.5, 0.6) is 5.75 Å². The number of rotatable bonds is 9. The molecular formula is C26H29F5N4O3. The highest BCUT2D eigenvalue weighted by atomic mass is 19.4. The average molecular weight is 541 g/mol. The summed E-state index contributed by atoms with van der Waals surface area (Å²) in [6, 6.07) is 7.51. The highest BCUT2D eigenvalue weighted by molar-refractivity contribution is 5.94. The number of methoxy groups -OCH3 is 1. The number of nitrogens with zero attached hydrogens (tertiary/aromatic N) is 2. The van der Waals surface area contributed by atoms with E-state index in [1.54, 1.807) is 12.0 Å². The van der Waals surface area contributed by atoms with Crippen LogP contribution >= 0.6 is 0 Å². The Balaban J connectivity index is 1.73. The Hall–Kier alpha value is -3.38. The number of ether oxygens (including phenoxy) is 1. The molecule has 0 unspecified atom stereocenters. The minimum Gasteiger partial charge on any atom is -0.496 e. The molecule has 206 valence electrons. The van der Waals surface area contributed by atoms with Gasteiger partial charge in [-0.05, 0) is 42.3 Å². The second-order valence-corrected chi connectivity index (χ2v) is 9.36. The summed E-state index contributed by atoms with van der Waals surface area (Å²) in [5.41, 5.74) is 2.86. The third kappa shape index (κ3) is 6.18. The number of benzene rings is 2. The van der Waals surface area contributed by atoms with Crippen molar-refractivity contribution in [3.05, 3.63) is 58.8 Å². The van der Waals surface area contributed by atoms with Crippen molar-refractivity contribution in [2.24, 2.45) is 0 Å². The number of aryl methyl sites for hydroxylation is 1. The van der Waals surface area contributed by atoms with Gasteiger partial charge in [0.1, 0.15) is 12.3 Å². The van der Waals surface area contributed by atoms with Crippen molar-refractivity contribution in [3.63, 3.8) is 0 Å². The van der Waals surface area contributed by atoms with Crippen molar-refractivity contribution in [2.45, 2.75) is 32.1 Å². The summed E-state index contributed by atoms with van der Waals surface area (Å²) in [4.78, 5) is 18.6. The maximum atomic E-state index is 13.2. The van der Waals surface area contributed by atoms with E-state index in [0.717, 1.165) is 22.0 Å². The van der Waals surface area contributed by atoms with Crippen LogP contribution in [0.4, 0.5) is 27.6 Å². The molecule has 38 heavy (non-hydrogen) atoms. The van der Waals surface area contributed by atoms with Gasteiger partial charge in [0.15, 0.2) is 0 Å². The SMILES string of the molecule is COc1cc(C)c2[nH]ccc2c1CN1CCN(CC(F)F)C[C@@H]1c1ccc(C(=O)O)c(NCC(F)(F)F)c1. The Labute approximate surface area is 216 Å². The Morgan fingerprint density at radius 2 is 2.00 bits per heavy atom. The summed E-state index contributed by atoms with van der Waals surface area (Å²) >= 11 is 0. The van der Waals surface area contributed by atoms with E-state index in [4.69, 9.17) is 4.74 Å². The van der Waals surface area contributed by atoms with E-state index >= 15 is 0 Å². The van der Waals surface area contributed by atoms with Gasteiger partial charge in [-0.15, -0.1) is 0 Å². The van der Waals surface area contributed by atoms with Crippen LogP contribution in [0.1, 0.15) is 33.1 Å². The molecule has 1 aromatic heterocycles. The molecule has 0 spiro atoms. The molecule has 12 heteroatoms. The Kier molecular flexibility index (Phi) is 8.12. The standard InChI is InChI=1S/C26H29F5N4O3/c1-15-9-22(38-2)19(17-5-6-32-24(15)17)11-35-8-7-34(13-23(27)28)12-21(35)16-3-4-18(25(36)37)20(10-16)33-14-26(29,30)31/h3-6,9-10,21,23,32-33H,7-8,11-14H2,1-2H3,(H,36,37)/t21-/m1/s1. The lowest BCUT2D eigenvalue weighted by atomic mass is 9.97. The molecule has 1 aliphatic heterocycles. The molecule has 2 heterocycles. The van der Waals surface area contributed by atoms with Gasteiger partial charge < -0.3 is 20.1 Å². The van der Waals surface area contributed by atoms with Gasteiger partial charge in [-0.3, -0.25) is 9.80 Å². The quantitative estimate of drug-likeness (QED) is 0.321. The molecule has 4 rings (SSSR count). The van der Waals surface area contributed by atoms with Crippen molar-refractivity contribution in [1.82, 2.24) is 14.8 Å². The lowest BCUT2D eigenvalue weighted by Crippen LogP contribution is -2.49. The van der Waals surface area contributed by atoms with Gasteiger partial charge in [-0.25, -0.2) is 13.6 Å². The molecule has 0 amide bonds. The summed E-state index contributed by atoms with van der Waals surface area (Å²) in [6.45, 7) is 1.47. The zero-order valence-corrected chi connectivity index (χ0v) is 20.9. The molecule has 1 aliphatic rings. The molecule has 0 radical (unpaired) electrons. The van der Waals surface area contributed by atoms with Crippen LogP contribution < -0.4 is 10.1 Å². The Morgan fingerprint density at radius 3 is 2.66 bits per heavy atom. The van der Waals surface area contributed by atoms with Gasteiger partial charge in [0, 0.05) is 60.6 Å². The van der Waals surface area contributed by atoms with Crippen molar-refractivity contribution in [2.75, 3.05) is 45.2 Å². The Morgan fingerprint density at radius 1 is 1.24 bits per heavy atom. The number of aromatic carboxylic acids is 1. The first kappa shape index (κ1) is 27.6. The molecular weight excluding hydrogens is 511 g/mol. The number of piperazine rings is 1. The molecule has 0 aliphatic carbocycles. The molecule has 3 N–H and O–H groups in total. The van der Waals surface area contributed by atoms with E-state index in [2.05, 4.69) is 15.2 Å². The zero-order valence-electron chi connectivity index (χ0n) is 20.9. The number of nitrogens with one attached hydrogen (secondary N) is 2. The fourth-order valence-electron chi connectivity index (χ4n) is 5.02. The summed E-state index contributed by atoms with van der Waals surface area (Å²) in [7, 11) is 1.57. The number of aromatic nitrogens is 1. The number of aromatic amines is 1.